The van der Waals surface area contributed by atoms with Crippen molar-refractivity contribution in [3.8, 4) is 5.75 Å². The third-order valence-corrected chi connectivity index (χ3v) is 3.93. The molecule has 5 nitrogen and oxygen atoms in total. The van der Waals surface area contributed by atoms with Gasteiger partial charge in [0.15, 0.2) is 6.61 Å². The van der Waals surface area contributed by atoms with Gasteiger partial charge in [0.25, 0.3) is 5.91 Å². The summed E-state index contributed by atoms with van der Waals surface area (Å²) in [6.45, 7) is -1.05. The number of carbonyl (C=O) groups excluding carboxylic acids is 1. The van der Waals surface area contributed by atoms with Gasteiger partial charge in [0.2, 0.25) is 0 Å². The van der Waals surface area contributed by atoms with Gasteiger partial charge < -0.3 is 15.2 Å². The summed E-state index contributed by atoms with van der Waals surface area (Å²) in [7, 11) is 0. The number of carbonyl (C=O) groups is 2. The zero-order chi connectivity index (χ0) is 18.6. The molecule has 1 amide bonds. The first-order valence-electron chi connectivity index (χ1n) is 6.83. The van der Waals surface area contributed by atoms with Crippen LogP contribution in [-0.4, -0.2) is 23.6 Å². The highest BCUT2D eigenvalue weighted by molar-refractivity contribution is 14.1. The first-order chi connectivity index (χ1) is 11.8. The Kier molecular flexibility index (Phi) is 6.54. The largest absolute Gasteiger partial charge is 0.481 e. The number of halogens is 4. The van der Waals surface area contributed by atoms with E-state index in [1.165, 1.54) is 18.2 Å². The molecule has 0 aliphatic rings. The molecule has 0 aliphatic heterocycles. The molecule has 0 bridgehead atoms. The van der Waals surface area contributed by atoms with Crippen LogP contribution in [-0.2, 0) is 11.3 Å². The van der Waals surface area contributed by atoms with Gasteiger partial charge >= 0.3 is 5.97 Å². The van der Waals surface area contributed by atoms with Crippen molar-refractivity contribution in [1.82, 2.24) is 5.32 Å². The van der Waals surface area contributed by atoms with Crippen molar-refractivity contribution in [2.45, 2.75) is 6.54 Å². The number of amides is 1. The smallest absolute Gasteiger partial charge is 0.341 e. The van der Waals surface area contributed by atoms with Gasteiger partial charge in [-0.05, 0) is 52.9 Å². The quantitative estimate of drug-likeness (QED) is 0.618. The maximum Gasteiger partial charge on any atom is 0.341 e. The standard InChI is InChI=1S/C16H11ClF2INO4/c17-8-1-2-10(14(3-8)25-7-15(22)23)16(24)21-6-11-12(18)4-9(20)5-13(11)19/h1-5H,6-7H2,(H,21,24)(H,22,23). The van der Waals surface area contributed by atoms with E-state index in [1.54, 1.807) is 22.6 Å². The monoisotopic (exact) mass is 481 g/mol. The van der Waals surface area contributed by atoms with Crippen LogP contribution in [0.15, 0.2) is 30.3 Å². The van der Waals surface area contributed by atoms with Crippen molar-refractivity contribution < 1.29 is 28.2 Å². The van der Waals surface area contributed by atoms with Crippen LogP contribution in [0.4, 0.5) is 8.78 Å². The number of rotatable bonds is 6. The highest BCUT2D eigenvalue weighted by Gasteiger charge is 2.16. The average molecular weight is 482 g/mol. The van der Waals surface area contributed by atoms with Gasteiger partial charge in [-0.15, -0.1) is 0 Å². The summed E-state index contributed by atoms with van der Waals surface area (Å²) in [5, 5.41) is 11.3. The average Bonchev–Trinajstić information content (AvgIpc) is 2.51. The molecule has 0 heterocycles. The summed E-state index contributed by atoms with van der Waals surface area (Å²) in [6, 6.07) is 6.32. The minimum Gasteiger partial charge on any atom is -0.481 e. The van der Waals surface area contributed by atoms with Crippen LogP contribution in [0.5, 0.6) is 5.75 Å². The lowest BCUT2D eigenvalue weighted by atomic mass is 10.1. The second-order valence-electron chi connectivity index (χ2n) is 4.85. The minimum atomic E-state index is -1.23. The molecule has 132 valence electrons. The second kappa shape index (κ2) is 8.43. The van der Waals surface area contributed by atoms with Gasteiger partial charge in [0.1, 0.15) is 17.4 Å². The van der Waals surface area contributed by atoms with Gasteiger partial charge in [0.05, 0.1) is 5.56 Å². The Morgan fingerprint density at radius 3 is 2.44 bits per heavy atom. The lowest BCUT2D eigenvalue weighted by Gasteiger charge is -2.12. The fourth-order valence-electron chi connectivity index (χ4n) is 1.95. The number of hydrogen-bond donors (Lipinski definition) is 2. The van der Waals surface area contributed by atoms with Crippen molar-refractivity contribution in [3.05, 3.63) is 61.7 Å². The SMILES string of the molecule is O=C(O)COc1cc(Cl)ccc1C(=O)NCc1c(F)cc(I)cc1F. The van der Waals surface area contributed by atoms with E-state index in [0.717, 1.165) is 12.1 Å². The third-order valence-electron chi connectivity index (χ3n) is 3.07. The molecule has 0 spiro atoms. The lowest BCUT2D eigenvalue weighted by Crippen LogP contribution is -2.25. The summed E-state index contributed by atoms with van der Waals surface area (Å²) in [4.78, 5) is 22.9. The van der Waals surface area contributed by atoms with Crippen molar-refractivity contribution in [1.29, 1.82) is 0 Å². The molecule has 0 unspecified atom stereocenters. The van der Waals surface area contributed by atoms with E-state index in [2.05, 4.69) is 5.32 Å². The first-order valence-corrected chi connectivity index (χ1v) is 8.29. The Hall–Kier alpha value is -1.94. The normalized spacial score (nSPS) is 10.4. The molecular formula is C16H11ClF2INO4. The fourth-order valence-corrected chi connectivity index (χ4v) is 2.66. The molecule has 2 rings (SSSR count). The minimum absolute atomic E-state index is 0.00280. The number of aliphatic carboxylic acids is 1. The Morgan fingerprint density at radius 1 is 1.20 bits per heavy atom. The summed E-state index contributed by atoms with van der Waals surface area (Å²) in [6.07, 6.45) is 0. The van der Waals surface area contributed by atoms with Gasteiger partial charge in [-0.2, -0.15) is 0 Å². The number of benzene rings is 2. The Balaban J connectivity index is 2.17. The molecule has 2 aromatic carbocycles. The third kappa shape index (κ3) is 5.27. The second-order valence-corrected chi connectivity index (χ2v) is 6.54. The number of hydrogen-bond acceptors (Lipinski definition) is 3. The van der Waals surface area contributed by atoms with Crippen LogP contribution in [0.2, 0.25) is 5.02 Å². The van der Waals surface area contributed by atoms with Crippen molar-refractivity contribution in [2.24, 2.45) is 0 Å². The van der Waals surface area contributed by atoms with Crippen LogP contribution >= 0.6 is 34.2 Å². The Morgan fingerprint density at radius 2 is 1.84 bits per heavy atom. The Bertz CT molecular complexity index is 809. The van der Waals surface area contributed by atoms with Gasteiger partial charge in [-0.1, -0.05) is 11.6 Å². The summed E-state index contributed by atoms with van der Waals surface area (Å²) >= 11 is 7.58. The Labute approximate surface area is 160 Å². The summed E-state index contributed by atoms with van der Waals surface area (Å²) in [5.74, 6) is -3.51. The van der Waals surface area contributed by atoms with Crippen LogP contribution in [0, 0.1) is 15.2 Å². The summed E-state index contributed by atoms with van der Waals surface area (Å²) < 4.78 is 33.0. The van der Waals surface area contributed by atoms with E-state index in [1.807, 2.05) is 0 Å². The maximum atomic E-state index is 13.8. The predicted octanol–water partition coefficient (Wildman–Crippen LogP) is 3.62. The van der Waals surface area contributed by atoms with Crippen molar-refractivity contribution in [3.63, 3.8) is 0 Å². The van der Waals surface area contributed by atoms with E-state index in [0.29, 0.717) is 3.57 Å². The predicted molar refractivity (Wildman–Crippen MR) is 94.8 cm³/mol. The van der Waals surface area contributed by atoms with E-state index < -0.39 is 30.1 Å². The van der Waals surface area contributed by atoms with Gasteiger partial charge in [-0.25, -0.2) is 13.6 Å². The van der Waals surface area contributed by atoms with E-state index in [-0.39, 0.29) is 28.4 Å². The number of carboxylic acid groups (broad SMARTS) is 1. The number of ether oxygens (including phenoxy) is 1. The van der Waals surface area contributed by atoms with Gasteiger partial charge in [-0.3, -0.25) is 4.79 Å². The molecule has 0 aromatic heterocycles. The van der Waals surface area contributed by atoms with Crippen molar-refractivity contribution in [2.75, 3.05) is 6.61 Å². The molecule has 9 heteroatoms. The van der Waals surface area contributed by atoms with Crippen molar-refractivity contribution >= 4 is 46.1 Å². The molecule has 0 aliphatic carbocycles. The summed E-state index contributed by atoms with van der Waals surface area (Å²) in [5.41, 5.74) is -0.285. The maximum absolute atomic E-state index is 13.8. The molecule has 0 atom stereocenters. The van der Waals surface area contributed by atoms with Crippen LogP contribution in [0.25, 0.3) is 0 Å². The fraction of sp³-hybridized carbons (Fsp3) is 0.125. The molecular weight excluding hydrogens is 471 g/mol. The molecule has 0 saturated heterocycles. The molecule has 25 heavy (non-hydrogen) atoms. The highest BCUT2D eigenvalue weighted by Crippen LogP contribution is 2.24. The zero-order valence-electron chi connectivity index (χ0n) is 12.5. The van der Waals surface area contributed by atoms with Crippen LogP contribution in [0.3, 0.4) is 0 Å². The van der Waals surface area contributed by atoms with Crippen LogP contribution in [0.1, 0.15) is 15.9 Å². The topological polar surface area (TPSA) is 75.6 Å². The molecule has 0 fully saturated rings. The van der Waals surface area contributed by atoms with E-state index in [4.69, 9.17) is 21.4 Å². The highest BCUT2D eigenvalue weighted by atomic mass is 127. The van der Waals surface area contributed by atoms with E-state index >= 15 is 0 Å². The van der Waals surface area contributed by atoms with E-state index in [9.17, 15) is 18.4 Å². The molecule has 2 aromatic rings. The van der Waals surface area contributed by atoms with Crippen LogP contribution < -0.4 is 10.1 Å². The zero-order valence-corrected chi connectivity index (χ0v) is 15.4. The lowest BCUT2D eigenvalue weighted by molar-refractivity contribution is -0.139. The first kappa shape index (κ1) is 19.4. The molecule has 0 radical (unpaired) electrons. The molecule has 0 saturated carbocycles. The molecule has 2 N–H and O–H groups in total. The number of carboxylic acids is 1. The van der Waals surface area contributed by atoms with Gasteiger partial charge in [0, 0.05) is 20.7 Å². The number of nitrogens with one attached hydrogen (secondary N) is 1.